The van der Waals surface area contributed by atoms with Crippen molar-refractivity contribution in [2.45, 2.75) is 18.5 Å². The molecule has 1 aliphatic rings. The first-order valence-corrected chi connectivity index (χ1v) is 10.7. The van der Waals surface area contributed by atoms with E-state index in [0.29, 0.717) is 24.3 Å². The van der Waals surface area contributed by atoms with E-state index in [0.717, 1.165) is 27.6 Å². The normalized spacial score (nSPS) is 12.8. The number of carbonyl (C=O) groups is 2. The number of nitrogens with one attached hydrogen (secondary N) is 2. The Bertz CT molecular complexity index is 1070. The van der Waals surface area contributed by atoms with Crippen LogP contribution in [0.25, 0.3) is 0 Å². The van der Waals surface area contributed by atoms with Gasteiger partial charge in [0.15, 0.2) is 0 Å². The molecule has 3 aromatic rings. The SMILES string of the molecule is Cc1ccccc1CNC(=O)c1ccc(NC(=O)N2CCSc3ncccc32)cc1. The third-order valence-electron chi connectivity index (χ3n) is 4.94. The van der Waals surface area contributed by atoms with Gasteiger partial charge >= 0.3 is 6.03 Å². The summed E-state index contributed by atoms with van der Waals surface area (Å²) in [7, 11) is 0. The molecule has 0 spiro atoms. The molecular formula is C23H22N4O2S. The molecule has 0 radical (unpaired) electrons. The second kappa shape index (κ2) is 9.00. The Morgan fingerprint density at radius 2 is 1.87 bits per heavy atom. The maximum absolute atomic E-state index is 12.7. The number of nitrogens with zero attached hydrogens (tertiary/aromatic N) is 2. The second-order valence-corrected chi connectivity index (χ2v) is 8.03. The summed E-state index contributed by atoms with van der Waals surface area (Å²) in [5.74, 6) is 0.654. The maximum atomic E-state index is 12.7. The van der Waals surface area contributed by atoms with Crippen molar-refractivity contribution in [3.8, 4) is 0 Å². The van der Waals surface area contributed by atoms with Crippen molar-refractivity contribution < 1.29 is 9.59 Å². The van der Waals surface area contributed by atoms with Crippen molar-refractivity contribution in [1.29, 1.82) is 0 Å². The molecule has 152 valence electrons. The molecule has 0 fully saturated rings. The number of fused-ring (bicyclic) bond motifs is 1. The van der Waals surface area contributed by atoms with Crippen LogP contribution in [-0.2, 0) is 6.54 Å². The van der Waals surface area contributed by atoms with Crippen LogP contribution >= 0.6 is 11.8 Å². The highest BCUT2D eigenvalue weighted by Gasteiger charge is 2.23. The van der Waals surface area contributed by atoms with Crippen LogP contribution < -0.4 is 15.5 Å². The van der Waals surface area contributed by atoms with E-state index in [4.69, 9.17) is 0 Å². The van der Waals surface area contributed by atoms with Crippen molar-refractivity contribution in [3.63, 3.8) is 0 Å². The minimum Gasteiger partial charge on any atom is -0.348 e. The predicted molar refractivity (Wildman–Crippen MR) is 120 cm³/mol. The molecule has 2 heterocycles. The van der Waals surface area contributed by atoms with Crippen molar-refractivity contribution in [3.05, 3.63) is 83.6 Å². The molecule has 0 aliphatic carbocycles. The summed E-state index contributed by atoms with van der Waals surface area (Å²) in [4.78, 5) is 31.2. The number of hydrogen-bond donors (Lipinski definition) is 2. The summed E-state index contributed by atoms with van der Waals surface area (Å²) in [5, 5.41) is 6.70. The fraction of sp³-hybridized carbons (Fsp3) is 0.174. The van der Waals surface area contributed by atoms with E-state index in [1.165, 1.54) is 0 Å². The first-order chi connectivity index (χ1) is 14.6. The second-order valence-electron chi connectivity index (χ2n) is 6.94. The van der Waals surface area contributed by atoms with Gasteiger partial charge in [0, 0.05) is 36.3 Å². The van der Waals surface area contributed by atoms with Gasteiger partial charge in [-0.1, -0.05) is 24.3 Å². The van der Waals surface area contributed by atoms with Gasteiger partial charge in [0.2, 0.25) is 0 Å². The van der Waals surface area contributed by atoms with E-state index in [1.807, 2.05) is 43.3 Å². The zero-order valence-corrected chi connectivity index (χ0v) is 17.4. The number of amides is 3. The highest BCUT2D eigenvalue weighted by Crippen LogP contribution is 2.32. The van der Waals surface area contributed by atoms with Crippen LogP contribution in [0.1, 0.15) is 21.5 Å². The molecule has 0 saturated carbocycles. The fourth-order valence-electron chi connectivity index (χ4n) is 3.25. The van der Waals surface area contributed by atoms with E-state index in [-0.39, 0.29) is 11.9 Å². The standard InChI is InChI=1S/C23H22N4O2S/c1-16-5-2-3-6-18(16)15-25-21(28)17-8-10-19(11-9-17)26-23(29)27-13-14-30-22-20(27)7-4-12-24-22/h2-12H,13-15H2,1H3,(H,25,28)(H,26,29). The topological polar surface area (TPSA) is 74.3 Å². The van der Waals surface area contributed by atoms with Gasteiger partial charge in [0.25, 0.3) is 5.91 Å². The molecule has 0 unspecified atom stereocenters. The number of aromatic nitrogens is 1. The lowest BCUT2D eigenvalue weighted by Gasteiger charge is -2.28. The summed E-state index contributed by atoms with van der Waals surface area (Å²) >= 11 is 1.65. The quantitative estimate of drug-likeness (QED) is 0.656. The van der Waals surface area contributed by atoms with Crippen molar-refractivity contribution >= 4 is 35.1 Å². The van der Waals surface area contributed by atoms with Gasteiger partial charge in [-0.05, 0) is 54.4 Å². The molecule has 0 bridgehead atoms. The summed E-state index contributed by atoms with van der Waals surface area (Å²) in [5.41, 5.74) is 4.23. The van der Waals surface area contributed by atoms with E-state index < -0.39 is 0 Å². The number of pyridine rings is 1. The monoisotopic (exact) mass is 418 g/mol. The van der Waals surface area contributed by atoms with Gasteiger partial charge in [-0.15, -0.1) is 11.8 Å². The Labute approximate surface area is 179 Å². The van der Waals surface area contributed by atoms with Crippen LogP contribution in [-0.4, -0.2) is 29.2 Å². The maximum Gasteiger partial charge on any atom is 0.326 e. The third-order valence-corrected chi connectivity index (χ3v) is 5.91. The van der Waals surface area contributed by atoms with Crippen molar-refractivity contribution in [1.82, 2.24) is 10.3 Å². The van der Waals surface area contributed by atoms with Gasteiger partial charge in [0.05, 0.1) is 5.69 Å². The molecule has 1 aliphatic heterocycles. The average molecular weight is 419 g/mol. The molecule has 7 heteroatoms. The van der Waals surface area contributed by atoms with Crippen LogP contribution in [0.4, 0.5) is 16.2 Å². The van der Waals surface area contributed by atoms with Crippen LogP contribution in [0.2, 0.25) is 0 Å². The van der Waals surface area contributed by atoms with Crippen LogP contribution in [0, 0.1) is 6.92 Å². The van der Waals surface area contributed by atoms with Gasteiger partial charge in [-0.25, -0.2) is 9.78 Å². The van der Waals surface area contributed by atoms with Gasteiger partial charge < -0.3 is 10.6 Å². The van der Waals surface area contributed by atoms with Gasteiger partial charge in [-0.2, -0.15) is 0 Å². The van der Waals surface area contributed by atoms with Gasteiger partial charge in [0.1, 0.15) is 5.03 Å². The highest BCUT2D eigenvalue weighted by atomic mass is 32.2. The lowest BCUT2D eigenvalue weighted by Crippen LogP contribution is -2.38. The number of urea groups is 1. The Morgan fingerprint density at radius 3 is 2.67 bits per heavy atom. The zero-order valence-electron chi connectivity index (χ0n) is 16.6. The number of rotatable bonds is 4. The zero-order chi connectivity index (χ0) is 20.9. The van der Waals surface area contributed by atoms with E-state index in [1.54, 1.807) is 47.1 Å². The minimum absolute atomic E-state index is 0.149. The van der Waals surface area contributed by atoms with E-state index in [2.05, 4.69) is 15.6 Å². The first kappa shape index (κ1) is 20.0. The molecule has 4 rings (SSSR count). The largest absolute Gasteiger partial charge is 0.348 e. The first-order valence-electron chi connectivity index (χ1n) is 9.71. The lowest BCUT2D eigenvalue weighted by molar-refractivity contribution is 0.0951. The van der Waals surface area contributed by atoms with Crippen LogP contribution in [0.5, 0.6) is 0 Å². The Morgan fingerprint density at radius 1 is 1.07 bits per heavy atom. The van der Waals surface area contributed by atoms with Gasteiger partial charge in [-0.3, -0.25) is 9.69 Å². The molecule has 3 amide bonds. The average Bonchev–Trinajstić information content (AvgIpc) is 2.78. The van der Waals surface area contributed by atoms with E-state index in [9.17, 15) is 9.59 Å². The molecule has 2 N–H and O–H groups in total. The Hall–Kier alpha value is -3.32. The number of anilines is 2. The van der Waals surface area contributed by atoms with Crippen molar-refractivity contribution in [2.24, 2.45) is 0 Å². The summed E-state index contributed by atoms with van der Waals surface area (Å²) < 4.78 is 0. The van der Waals surface area contributed by atoms with E-state index >= 15 is 0 Å². The number of carbonyl (C=O) groups excluding carboxylic acids is 2. The highest BCUT2D eigenvalue weighted by molar-refractivity contribution is 7.99. The predicted octanol–water partition coefficient (Wildman–Crippen LogP) is 4.46. The smallest absolute Gasteiger partial charge is 0.326 e. The minimum atomic E-state index is -0.207. The van der Waals surface area contributed by atoms with Crippen LogP contribution in [0.3, 0.4) is 0 Å². The molecule has 2 aromatic carbocycles. The third kappa shape index (κ3) is 4.46. The molecule has 1 aromatic heterocycles. The molecule has 0 atom stereocenters. The molecular weight excluding hydrogens is 396 g/mol. The number of benzene rings is 2. The summed E-state index contributed by atoms with van der Waals surface area (Å²) in [6, 6.07) is 18.4. The molecule has 6 nitrogen and oxygen atoms in total. The summed E-state index contributed by atoms with van der Waals surface area (Å²) in [6.07, 6.45) is 1.73. The fourth-order valence-corrected chi connectivity index (χ4v) is 4.17. The number of thioether (sulfide) groups is 1. The summed E-state index contributed by atoms with van der Waals surface area (Å²) in [6.45, 7) is 3.12. The Kier molecular flexibility index (Phi) is 5.99. The Balaban J connectivity index is 1.37. The lowest BCUT2D eigenvalue weighted by atomic mass is 10.1. The molecule has 0 saturated heterocycles. The van der Waals surface area contributed by atoms with Crippen LogP contribution in [0.15, 0.2) is 71.9 Å². The molecule has 30 heavy (non-hydrogen) atoms. The number of aryl methyl sites for hydroxylation is 1. The van der Waals surface area contributed by atoms with Crippen molar-refractivity contribution in [2.75, 3.05) is 22.5 Å². The number of hydrogen-bond acceptors (Lipinski definition) is 4.